The van der Waals surface area contributed by atoms with E-state index >= 15 is 0 Å². The van der Waals surface area contributed by atoms with Crippen LogP contribution in [0, 0.1) is 0 Å². The van der Waals surface area contributed by atoms with Crippen LogP contribution in [-0.4, -0.2) is 19.1 Å². The van der Waals surface area contributed by atoms with E-state index in [0.717, 1.165) is 5.39 Å². The van der Waals surface area contributed by atoms with Gasteiger partial charge < -0.3 is 14.5 Å². The lowest BCUT2D eigenvalue weighted by molar-refractivity contribution is -0.122. The molecule has 1 aromatic heterocycles. The molecular formula is C13H13NO4. The Hall–Kier alpha value is -2.30. The highest BCUT2D eigenvalue weighted by Gasteiger charge is 2.03. The van der Waals surface area contributed by atoms with Crippen LogP contribution in [0.25, 0.3) is 11.0 Å². The summed E-state index contributed by atoms with van der Waals surface area (Å²) in [5.74, 6) is 0.301. The van der Waals surface area contributed by atoms with Crippen molar-refractivity contribution in [3.05, 3.63) is 40.8 Å². The van der Waals surface area contributed by atoms with Gasteiger partial charge in [0, 0.05) is 24.1 Å². The summed E-state index contributed by atoms with van der Waals surface area (Å²) in [6, 6.07) is 8.12. The van der Waals surface area contributed by atoms with Crippen molar-refractivity contribution >= 4 is 16.9 Å². The number of rotatable bonds is 4. The summed E-state index contributed by atoms with van der Waals surface area (Å²) in [6.45, 7) is 2.34. The van der Waals surface area contributed by atoms with Crippen molar-refractivity contribution in [3.8, 4) is 5.75 Å². The van der Waals surface area contributed by atoms with Gasteiger partial charge in [-0.2, -0.15) is 0 Å². The summed E-state index contributed by atoms with van der Waals surface area (Å²) in [5.41, 5.74) is 0.0271. The number of carbonyl (C=O) groups excluding carboxylic acids is 1. The fraction of sp³-hybridized carbons (Fsp3) is 0.231. The molecule has 94 valence electrons. The van der Waals surface area contributed by atoms with Gasteiger partial charge in [0.25, 0.3) is 5.91 Å². The molecule has 0 unspecified atom stereocenters. The average Bonchev–Trinajstić information content (AvgIpc) is 2.36. The molecule has 1 N–H and O–H groups in total. The van der Waals surface area contributed by atoms with E-state index in [4.69, 9.17) is 9.15 Å². The number of hydrogen-bond acceptors (Lipinski definition) is 4. The first-order chi connectivity index (χ1) is 8.69. The predicted octanol–water partition coefficient (Wildman–Crippen LogP) is 1.31. The molecule has 0 bridgehead atoms. The molecule has 0 aliphatic rings. The van der Waals surface area contributed by atoms with Gasteiger partial charge >= 0.3 is 5.63 Å². The topological polar surface area (TPSA) is 68.5 Å². The summed E-state index contributed by atoms with van der Waals surface area (Å²) >= 11 is 0. The van der Waals surface area contributed by atoms with Gasteiger partial charge in [0.1, 0.15) is 11.3 Å². The summed E-state index contributed by atoms with van der Waals surface area (Å²) in [7, 11) is 0. The van der Waals surface area contributed by atoms with Crippen LogP contribution >= 0.6 is 0 Å². The van der Waals surface area contributed by atoms with Gasteiger partial charge in [-0.3, -0.25) is 4.79 Å². The molecule has 2 aromatic rings. The first kappa shape index (κ1) is 12.2. The number of likely N-dealkylation sites (N-methyl/N-ethyl adjacent to an activating group) is 1. The second-order valence-electron chi connectivity index (χ2n) is 3.70. The summed E-state index contributed by atoms with van der Waals surface area (Å²) in [5, 5.41) is 3.43. The van der Waals surface area contributed by atoms with Gasteiger partial charge in [-0.25, -0.2) is 4.79 Å². The average molecular weight is 247 g/mol. The van der Waals surface area contributed by atoms with E-state index in [1.807, 2.05) is 6.92 Å². The van der Waals surface area contributed by atoms with E-state index in [1.165, 1.54) is 6.07 Å². The second-order valence-corrected chi connectivity index (χ2v) is 3.70. The largest absolute Gasteiger partial charge is 0.484 e. The van der Waals surface area contributed by atoms with Crippen LogP contribution in [0.4, 0.5) is 0 Å². The quantitative estimate of drug-likeness (QED) is 0.827. The van der Waals surface area contributed by atoms with Gasteiger partial charge in [0.05, 0.1) is 0 Å². The SMILES string of the molecule is CCNC(=O)COc1ccc2ccc(=O)oc2c1. The molecular weight excluding hydrogens is 234 g/mol. The summed E-state index contributed by atoms with van der Waals surface area (Å²) < 4.78 is 10.3. The molecule has 18 heavy (non-hydrogen) atoms. The molecule has 5 heteroatoms. The molecule has 0 saturated heterocycles. The summed E-state index contributed by atoms with van der Waals surface area (Å²) in [4.78, 5) is 22.3. The van der Waals surface area contributed by atoms with Crippen molar-refractivity contribution in [2.75, 3.05) is 13.2 Å². The molecule has 0 fully saturated rings. The lowest BCUT2D eigenvalue weighted by Crippen LogP contribution is -2.28. The van der Waals surface area contributed by atoms with Crippen LogP contribution < -0.4 is 15.7 Å². The van der Waals surface area contributed by atoms with Crippen molar-refractivity contribution in [2.45, 2.75) is 6.92 Å². The van der Waals surface area contributed by atoms with Crippen molar-refractivity contribution < 1.29 is 13.9 Å². The molecule has 0 radical (unpaired) electrons. The van der Waals surface area contributed by atoms with E-state index in [2.05, 4.69) is 5.32 Å². The molecule has 1 amide bonds. The van der Waals surface area contributed by atoms with Crippen molar-refractivity contribution in [1.29, 1.82) is 0 Å². The monoisotopic (exact) mass is 247 g/mol. The fourth-order valence-corrected chi connectivity index (χ4v) is 1.53. The Morgan fingerprint density at radius 3 is 2.89 bits per heavy atom. The number of amides is 1. The maximum atomic E-state index is 11.2. The van der Waals surface area contributed by atoms with E-state index in [1.54, 1.807) is 24.3 Å². The molecule has 0 atom stereocenters. The Bertz CT molecular complexity index is 618. The fourth-order valence-electron chi connectivity index (χ4n) is 1.53. The molecule has 0 saturated carbocycles. The summed E-state index contributed by atoms with van der Waals surface area (Å²) in [6.07, 6.45) is 0. The highest BCUT2D eigenvalue weighted by atomic mass is 16.5. The van der Waals surface area contributed by atoms with Crippen molar-refractivity contribution in [1.82, 2.24) is 5.32 Å². The van der Waals surface area contributed by atoms with E-state index in [9.17, 15) is 9.59 Å². The molecule has 0 aliphatic carbocycles. The standard InChI is InChI=1S/C13H13NO4/c1-2-14-12(15)8-17-10-5-3-9-4-6-13(16)18-11(9)7-10/h3-7H,2,8H2,1H3,(H,14,15). The maximum absolute atomic E-state index is 11.2. The molecule has 5 nitrogen and oxygen atoms in total. The van der Waals surface area contributed by atoms with E-state index in [-0.39, 0.29) is 12.5 Å². The minimum absolute atomic E-state index is 0.0591. The first-order valence-corrected chi connectivity index (χ1v) is 5.62. The number of ether oxygens (including phenoxy) is 1. The minimum Gasteiger partial charge on any atom is -0.484 e. The third-order valence-electron chi connectivity index (χ3n) is 2.34. The molecule has 2 rings (SSSR count). The van der Waals surface area contributed by atoms with Crippen LogP contribution in [-0.2, 0) is 4.79 Å². The normalized spacial score (nSPS) is 10.3. The number of hydrogen-bond donors (Lipinski definition) is 1. The zero-order valence-corrected chi connectivity index (χ0v) is 9.93. The van der Waals surface area contributed by atoms with Crippen molar-refractivity contribution in [2.24, 2.45) is 0 Å². The van der Waals surface area contributed by atoms with Crippen LogP contribution in [0.3, 0.4) is 0 Å². The van der Waals surface area contributed by atoms with Crippen LogP contribution in [0.2, 0.25) is 0 Å². The number of nitrogens with one attached hydrogen (secondary N) is 1. The molecule has 0 aliphatic heterocycles. The predicted molar refractivity (Wildman–Crippen MR) is 66.7 cm³/mol. The molecule has 1 aromatic carbocycles. The smallest absolute Gasteiger partial charge is 0.336 e. The van der Waals surface area contributed by atoms with Gasteiger partial charge in [0.15, 0.2) is 6.61 Å². The second kappa shape index (κ2) is 5.35. The Morgan fingerprint density at radius 1 is 1.33 bits per heavy atom. The zero-order chi connectivity index (χ0) is 13.0. The van der Waals surface area contributed by atoms with Crippen LogP contribution in [0.1, 0.15) is 6.92 Å². The Labute approximate surface area is 103 Å². The van der Waals surface area contributed by atoms with Crippen LogP contribution in [0.5, 0.6) is 5.75 Å². The Balaban J connectivity index is 2.14. The Morgan fingerprint density at radius 2 is 2.11 bits per heavy atom. The number of carbonyl (C=O) groups is 1. The maximum Gasteiger partial charge on any atom is 0.336 e. The number of fused-ring (bicyclic) bond motifs is 1. The Kier molecular flexibility index (Phi) is 3.62. The van der Waals surface area contributed by atoms with E-state index < -0.39 is 5.63 Å². The highest BCUT2D eigenvalue weighted by molar-refractivity contribution is 5.79. The van der Waals surface area contributed by atoms with Gasteiger partial charge in [-0.15, -0.1) is 0 Å². The lowest BCUT2D eigenvalue weighted by Gasteiger charge is -2.06. The molecule has 0 spiro atoms. The van der Waals surface area contributed by atoms with Gasteiger partial charge in [0.2, 0.25) is 0 Å². The van der Waals surface area contributed by atoms with Gasteiger partial charge in [-0.1, -0.05) is 0 Å². The first-order valence-electron chi connectivity index (χ1n) is 5.62. The highest BCUT2D eigenvalue weighted by Crippen LogP contribution is 2.19. The molecule has 1 heterocycles. The zero-order valence-electron chi connectivity index (χ0n) is 9.93. The third-order valence-corrected chi connectivity index (χ3v) is 2.34. The van der Waals surface area contributed by atoms with Gasteiger partial charge in [-0.05, 0) is 25.1 Å². The minimum atomic E-state index is -0.414. The van der Waals surface area contributed by atoms with Crippen LogP contribution in [0.15, 0.2) is 39.5 Å². The van der Waals surface area contributed by atoms with Crippen molar-refractivity contribution in [3.63, 3.8) is 0 Å². The lowest BCUT2D eigenvalue weighted by atomic mass is 10.2. The third kappa shape index (κ3) is 2.88. The van der Waals surface area contributed by atoms with E-state index in [0.29, 0.717) is 17.9 Å². The number of benzene rings is 1.